The van der Waals surface area contributed by atoms with Crippen LogP contribution in [0.4, 0.5) is 11.4 Å². The van der Waals surface area contributed by atoms with E-state index in [1.807, 2.05) is 43.3 Å². The van der Waals surface area contributed by atoms with Gasteiger partial charge in [0.15, 0.2) is 0 Å². The second-order valence-electron chi connectivity index (χ2n) is 8.13. The maximum absolute atomic E-state index is 10.0. The van der Waals surface area contributed by atoms with E-state index >= 15 is 0 Å². The van der Waals surface area contributed by atoms with Crippen LogP contribution in [-0.2, 0) is 0 Å². The quantitative estimate of drug-likeness (QED) is 0.428. The maximum atomic E-state index is 10.0. The topological polar surface area (TPSA) is 45.0 Å². The molecule has 0 unspecified atom stereocenters. The van der Waals surface area contributed by atoms with Crippen LogP contribution in [0.15, 0.2) is 76.7 Å². The number of nitrogens with zero attached hydrogens (tertiary/aromatic N) is 2. The molecule has 3 aromatic rings. The first-order valence-electron chi connectivity index (χ1n) is 10.5. The predicted molar refractivity (Wildman–Crippen MR) is 128 cm³/mol. The highest BCUT2D eigenvalue weighted by atomic mass is 16.3. The summed E-state index contributed by atoms with van der Waals surface area (Å²) in [5.41, 5.74) is 7.02. The zero-order valence-corrected chi connectivity index (χ0v) is 18.4. The van der Waals surface area contributed by atoms with Gasteiger partial charge in [0, 0.05) is 23.1 Å². The fourth-order valence-electron chi connectivity index (χ4n) is 3.50. The van der Waals surface area contributed by atoms with E-state index in [0.29, 0.717) is 17.4 Å². The molecule has 0 fully saturated rings. The summed E-state index contributed by atoms with van der Waals surface area (Å²) in [5, 5.41) is 10.0. The van der Waals surface area contributed by atoms with Crippen molar-refractivity contribution in [1.82, 2.24) is 0 Å². The molecule has 0 bridgehead atoms. The average molecular weight is 399 g/mol. The van der Waals surface area contributed by atoms with Crippen molar-refractivity contribution in [2.24, 2.45) is 9.98 Å². The third kappa shape index (κ3) is 4.85. The Hall–Kier alpha value is -3.20. The van der Waals surface area contributed by atoms with Gasteiger partial charge in [-0.25, -0.2) is 0 Å². The second kappa shape index (κ2) is 9.53. The molecule has 3 rings (SSSR count). The standard InChI is InChI=1S/C27H30N2O/c1-18(2)22-13-10-14-23(19(3)4)27(22)29-20(5)24-12-7-8-15-25(24)28-17-21-11-6-9-16-26(21)30/h6-19,30H,1-5H3. The number of rotatable bonds is 6. The van der Waals surface area contributed by atoms with Gasteiger partial charge in [-0.3, -0.25) is 9.98 Å². The van der Waals surface area contributed by atoms with E-state index in [-0.39, 0.29) is 5.75 Å². The van der Waals surface area contributed by atoms with Gasteiger partial charge < -0.3 is 5.11 Å². The molecule has 0 atom stereocenters. The third-order valence-corrected chi connectivity index (χ3v) is 5.20. The van der Waals surface area contributed by atoms with Crippen LogP contribution in [0.25, 0.3) is 0 Å². The number of hydrogen-bond donors (Lipinski definition) is 1. The Morgan fingerprint density at radius 2 is 1.40 bits per heavy atom. The first-order chi connectivity index (χ1) is 14.4. The molecule has 3 aromatic carbocycles. The Morgan fingerprint density at radius 3 is 2.03 bits per heavy atom. The van der Waals surface area contributed by atoms with E-state index in [1.54, 1.807) is 18.3 Å². The van der Waals surface area contributed by atoms with Crippen molar-refractivity contribution in [1.29, 1.82) is 0 Å². The van der Waals surface area contributed by atoms with Gasteiger partial charge in [-0.15, -0.1) is 0 Å². The molecule has 0 aliphatic carbocycles. The van der Waals surface area contributed by atoms with Gasteiger partial charge >= 0.3 is 0 Å². The second-order valence-corrected chi connectivity index (χ2v) is 8.13. The summed E-state index contributed by atoms with van der Waals surface area (Å²) < 4.78 is 0. The zero-order chi connectivity index (χ0) is 21.7. The van der Waals surface area contributed by atoms with Crippen molar-refractivity contribution < 1.29 is 5.11 Å². The van der Waals surface area contributed by atoms with Crippen LogP contribution in [0.1, 0.15) is 68.7 Å². The molecule has 0 aliphatic rings. The van der Waals surface area contributed by atoms with Crippen molar-refractivity contribution in [3.8, 4) is 5.75 Å². The number of aromatic hydroxyl groups is 1. The lowest BCUT2D eigenvalue weighted by Gasteiger charge is -2.17. The third-order valence-electron chi connectivity index (χ3n) is 5.20. The summed E-state index contributed by atoms with van der Waals surface area (Å²) in [4.78, 5) is 9.75. The van der Waals surface area contributed by atoms with Crippen LogP contribution in [-0.4, -0.2) is 17.0 Å². The highest BCUT2D eigenvalue weighted by molar-refractivity contribution is 6.05. The Morgan fingerprint density at radius 1 is 0.800 bits per heavy atom. The van der Waals surface area contributed by atoms with Crippen LogP contribution in [0, 0.1) is 0 Å². The van der Waals surface area contributed by atoms with Gasteiger partial charge in [0.05, 0.1) is 11.4 Å². The fraction of sp³-hybridized carbons (Fsp3) is 0.259. The molecular formula is C27H30N2O. The molecule has 1 N–H and O–H groups in total. The van der Waals surface area contributed by atoms with E-state index in [2.05, 4.69) is 50.9 Å². The molecule has 0 spiro atoms. The lowest BCUT2D eigenvalue weighted by Crippen LogP contribution is -2.00. The predicted octanol–water partition coefficient (Wildman–Crippen LogP) is 7.53. The van der Waals surface area contributed by atoms with Gasteiger partial charge in [0.1, 0.15) is 5.75 Å². The van der Waals surface area contributed by atoms with Gasteiger partial charge in [-0.1, -0.05) is 76.2 Å². The number of aliphatic imine (C=N–C) groups is 2. The molecule has 30 heavy (non-hydrogen) atoms. The fourth-order valence-corrected chi connectivity index (χ4v) is 3.50. The molecule has 0 aromatic heterocycles. The van der Waals surface area contributed by atoms with Crippen LogP contribution in [0.3, 0.4) is 0 Å². The molecule has 3 nitrogen and oxygen atoms in total. The maximum Gasteiger partial charge on any atom is 0.124 e. The average Bonchev–Trinajstić information content (AvgIpc) is 2.73. The van der Waals surface area contributed by atoms with E-state index in [1.165, 1.54) is 11.1 Å². The summed E-state index contributed by atoms with van der Waals surface area (Å²) in [6.45, 7) is 10.9. The minimum absolute atomic E-state index is 0.219. The molecule has 154 valence electrons. The number of hydrogen-bond acceptors (Lipinski definition) is 3. The van der Waals surface area contributed by atoms with Gasteiger partial charge in [-0.05, 0) is 48.1 Å². The zero-order valence-electron chi connectivity index (χ0n) is 18.4. The van der Waals surface area contributed by atoms with E-state index < -0.39 is 0 Å². The SMILES string of the molecule is CC(=Nc1c(C(C)C)cccc1C(C)C)c1ccccc1N=Cc1ccccc1O. The van der Waals surface area contributed by atoms with Crippen molar-refractivity contribution in [2.45, 2.75) is 46.5 Å². The van der Waals surface area contributed by atoms with Gasteiger partial charge in [0.2, 0.25) is 0 Å². The molecule has 0 heterocycles. The smallest absolute Gasteiger partial charge is 0.124 e. The van der Waals surface area contributed by atoms with Crippen molar-refractivity contribution in [3.63, 3.8) is 0 Å². The normalized spacial score (nSPS) is 12.3. The van der Waals surface area contributed by atoms with Crippen molar-refractivity contribution in [3.05, 3.63) is 89.0 Å². The Bertz CT molecular complexity index is 1050. The summed E-state index contributed by atoms with van der Waals surface area (Å²) in [6, 6.07) is 21.7. The lowest BCUT2D eigenvalue weighted by molar-refractivity contribution is 0.474. The Labute approximate surface area is 179 Å². The molecule has 0 saturated carbocycles. The number of phenolic OH excluding ortho intramolecular Hbond substituents is 1. The van der Waals surface area contributed by atoms with Crippen LogP contribution >= 0.6 is 0 Å². The molecule has 3 heteroatoms. The van der Waals surface area contributed by atoms with E-state index in [4.69, 9.17) is 4.99 Å². The van der Waals surface area contributed by atoms with Gasteiger partial charge in [0.25, 0.3) is 0 Å². The van der Waals surface area contributed by atoms with Crippen LogP contribution in [0.5, 0.6) is 5.75 Å². The summed E-state index contributed by atoms with van der Waals surface area (Å²) in [6.07, 6.45) is 1.70. The Kier molecular flexibility index (Phi) is 6.83. The van der Waals surface area contributed by atoms with Crippen LogP contribution < -0.4 is 0 Å². The van der Waals surface area contributed by atoms with Crippen molar-refractivity contribution >= 4 is 23.3 Å². The minimum atomic E-state index is 0.219. The first-order valence-corrected chi connectivity index (χ1v) is 10.5. The molecule has 0 amide bonds. The van der Waals surface area contributed by atoms with E-state index in [0.717, 1.165) is 22.6 Å². The molecule has 0 saturated heterocycles. The number of benzene rings is 3. The largest absolute Gasteiger partial charge is 0.507 e. The summed E-state index contributed by atoms with van der Waals surface area (Å²) in [7, 11) is 0. The highest BCUT2D eigenvalue weighted by Crippen LogP contribution is 2.35. The number of para-hydroxylation sites is 3. The van der Waals surface area contributed by atoms with Crippen LogP contribution in [0.2, 0.25) is 0 Å². The van der Waals surface area contributed by atoms with E-state index in [9.17, 15) is 5.11 Å². The first kappa shape index (κ1) is 21.5. The number of phenols is 1. The Balaban J connectivity index is 2.06. The van der Waals surface area contributed by atoms with Gasteiger partial charge in [-0.2, -0.15) is 0 Å². The minimum Gasteiger partial charge on any atom is -0.507 e. The highest BCUT2D eigenvalue weighted by Gasteiger charge is 2.14. The molecule has 0 aliphatic heterocycles. The molecular weight excluding hydrogens is 368 g/mol. The summed E-state index contributed by atoms with van der Waals surface area (Å²) in [5.74, 6) is 1.01. The lowest BCUT2D eigenvalue weighted by atomic mass is 9.92. The van der Waals surface area contributed by atoms with Crippen molar-refractivity contribution in [2.75, 3.05) is 0 Å². The monoisotopic (exact) mass is 398 g/mol. The summed E-state index contributed by atoms with van der Waals surface area (Å²) >= 11 is 0. The molecule has 0 radical (unpaired) electrons.